The van der Waals surface area contributed by atoms with Crippen LogP contribution in [0.15, 0.2) is 12.7 Å². The number of hydrogen-bond donors (Lipinski definition) is 3. The summed E-state index contributed by atoms with van der Waals surface area (Å²) < 4.78 is 44.3. The van der Waals surface area contributed by atoms with Gasteiger partial charge in [-0.1, -0.05) is 47.1 Å². The molecule has 2 fully saturated rings. The Labute approximate surface area is 265 Å². The fourth-order valence-electron chi connectivity index (χ4n) is 4.39. The van der Waals surface area contributed by atoms with Crippen LogP contribution in [0.25, 0.3) is 0 Å². The number of alkyl carbamates (subject to hydrolysis) is 3. The van der Waals surface area contributed by atoms with Crippen LogP contribution in [-0.4, -0.2) is 110 Å². The van der Waals surface area contributed by atoms with E-state index in [4.69, 9.17) is 37.9 Å². The largest absolute Gasteiger partial charge is 0.459 e. The van der Waals surface area contributed by atoms with E-state index in [1.807, 2.05) is 27.7 Å². The number of carbonyl (C=O) groups excluding carboxylic acids is 4. The number of unbranched alkanes of at least 4 members (excludes halogenated alkanes) is 3. The molecule has 2 saturated heterocycles. The summed E-state index contributed by atoms with van der Waals surface area (Å²) in [5.74, 6) is -0.571. The summed E-state index contributed by atoms with van der Waals surface area (Å²) >= 11 is 0. The minimum atomic E-state index is -0.596. The van der Waals surface area contributed by atoms with E-state index >= 15 is 0 Å². The standard InChI is InChI=1S/C30H51N3O12/c1-7-22(34)38-14-15-39-26(36)32-12-10-8-9-11-13-33-27(37)45-17-29(4,5)24-42-20-30(21-43-24)18-40-23(41-19-30)28(2,3)16-44-25(35)31-6/h7,23-24H,1,8-21H2,2-6H3,(H,31,35)(H,32,36)(H,33,37). The van der Waals surface area contributed by atoms with Crippen molar-refractivity contribution in [2.45, 2.75) is 66.0 Å². The van der Waals surface area contributed by atoms with Crippen LogP contribution in [0.4, 0.5) is 14.4 Å². The fraction of sp³-hybridized carbons (Fsp3) is 0.800. The second-order valence-electron chi connectivity index (χ2n) is 12.6. The summed E-state index contributed by atoms with van der Waals surface area (Å²) in [5, 5.41) is 7.79. The summed E-state index contributed by atoms with van der Waals surface area (Å²) in [5.41, 5.74) is -1.60. The van der Waals surface area contributed by atoms with E-state index in [1.165, 1.54) is 7.05 Å². The summed E-state index contributed by atoms with van der Waals surface area (Å²) in [6.07, 6.45) is 1.56. The maximum atomic E-state index is 12.2. The zero-order valence-corrected chi connectivity index (χ0v) is 27.2. The van der Waals surface area contributed by atoms with Crippen LogP contribution >= 0.6 is 0 Å². The molecular weight excluding hydrogens is 594 g/mol. The van der Waals surface area contributed by atoms with Crippen molar-refractivity contribution in [3.05, 3.63) is 12.7 Å². The van der Waals surface area contributed by atoms with Crippen LogP contribution in [0.1, 0.15) is 53.4 Å². The van der Waals surface area contributed by atoms with Gasteiger partial charge in [-0.25, -0.2) is 19.2 Å². The molecule has 2 aliphatic rings. The molecule has 258 valence electrons. The first kappa shape index (κ1) is 38.0. The smallest absolute Gasteiger partial charge is 0.407 e. The summed E-state index contributed by atoms with van der Waals surface area (Å²) in [4.78, 5) is 46.1. The molecule has 2 heterocycles. The SMILES string of the molecule is C=CC(=O)OCCOC(=O)NCCCCCCNC(=O)OCC(C)(C)C1OCC2(COC(C(C)(C)COC(=O)NC)OC2)CO1. The Kier molecular flexibility index (Phi) is 15.8. The van der Waals surface area contributed by atoms with Gasteiger partial charge in [0.1, 0.15) is 26.4 Å². The normalized spacial score (nSPS) is 21.7. The molecule has 15 heteroatoms. The number of amides is 3. The zero-order valence-electron chi connectivity index (χ0n) is 27.2. The van der Waals surface area contributed by atoms with Gasteiger partial charge in [0.05, 0.1) is 31.8 Å². The van der Waals surface area contributed by atoms with E-state index in [0.29, 0.717) is 39.5 Å². The quantitative estimate of drug-likeness (QED) is 0.0913. The molecule has 0 aromatic heterocycles. The van der Waals surface area contributed by atoms with Crippen LogP contribution in [0.2, 0.25) is 0 Å². The Bertz CT molecular complexity index is 956. The van der Waals surface area contributed by atoms with Crippen LogP contribution in [0, 0.1) is 16.2 Å². The molecule has 15 nitrogen and oxygen atoms in total. The van der Waals surface area contributed by atoms with E-state index < -0.39 is 53.1 Å². The van der Waals surface area contributed by atoms with Crippen molar-refractivity contribution >= 4 is 24.2 Å². The third kappa shape index (κ3) is 13.8. The van der Waals surface area contributed by atoms with E-state index in [1.54, 1.807) is 0 Å². The Morgan fingerprint density at radius 1 is 0.711 bits per heavy atom. The van der Waals surface area contributed by atoms with Crippen molar-refractivity contribution in [1.29, 1.82) is 0 Å². The van der Waals surface area contributed by atoms with Gasteiger partial charge in [-0.3, -0.25) is 0 Å². The average Bonchev–Trinajstić information content (AvgIpc) is 3.02. The molecular formula is C30H51N3O12. The van der Waals surface area contributed by atoms with E-state index in [-0.39, 0.29) is 26.4 Å². The molecule has 0 saturated carbocycles. The number of esters is 1. The number of rotatable bonds is 17. The van der Waals surface area contributed by atoms with Gasteiger partial charge in [0.2, 0.25) is 0 Å². The van der Waals surface area contributed by atoms with Gasteiger partial charge in [0.25, 0.3) is 0 Å². The number of carbonyl (C=O) groups is 4. The monoisotopic (exact) mass is 645 g/mol. The minimum absolute atomic E-state index is 0.0272. The molecule has 45 heavy (non-hydrogen) atoms. The topological polar surface area (TPSA) is 178 Å². The minimum Gasteiger partial charge on any atom is -0.459 e. The predicted molar refractivity (Wildman–Crippen MR) is 160 cm³/mol. The summed E-state index contributed by atoms with van der Waals surface area (Å²) in [6.45, 7) is 13.5. The van der Waals surface area contributed by atoms with Crippen molar-refractivity contribution in [3.8, 4) is 0 Å². The molecule has 2 rings (SSSR count). The molecule has 0 radical (unpaired) electrons. The number of ether oxygens (including phenoxy) is 8. The van der Waals surface area contributed by atoms with Gasteiger partial charge in [0, 0.05) is 37.0 Å². The van der Waals surface area contributed by atoms with E-state index in [2.05, 4.69) is 22.5 Å². The lowest BCUT2D eigenvalue weighted by Crippen LogP contribution is -2.57. The van der Waals surface area contributed by atoms with E-state index in [0.717, 1.165) is 31.8 Å². The maximum absolute atomic E-state index is 12.2. The van der Waals surface area contributed by atoms with Gasteiger partial charge in [-0.05, 0) is 12.8 Å². The van der Waals surface area contributed by atoms with Crippen LogP contribution in [-0.2, 0) is 42.7 Å². The second kappa shape index (κ2) is 18.7. The highest BCUT2D eigenvalue weighted by atomic mass is 16.7. The van der Waals surface area contributed by atoms with Crippen LogP contribution < -0.4 is 16.0 Å². The molecule has 0 bridgehead atoms. The lowest BCUT2D eigenvalue weighted by Gasteiger charge is -2.48. The molecule has 0 unspecified atom stereocenters. The Hall–Kier alpha value is -3.14. The predicted octanol–water partition coefficient (Wildman–Crippen LogP) is 2.87. The van der Waals surface area contributed by atoms with Crippen LogP contribution in [0.5, 0.6) is 0 Å². The van der Waals surface area contributed by atoms with Gasteiger partial charge in [-0.2, -0.15) is 0 Å². The molecule has 0 aromatic carbocycles. The molecule has 1 spiro atoms. The maximum Gasteiger partial charge on any atom is 0.407 e. The Morgan fingerprint density at radius 3 is 1.58 bits per heavy atom. The average molecular weight is 646 g/mol. The lowest BCUT2D eigenvalue weighted by molar-refractivity contribution is -0.336. The van der Waals surface area contributed by atoms with Crippen LogP contribution in [0.3, 0.4) is 0 Å². The highest BCUT2D eigenvalue weighted by molar-refractivity contribution is 5.81. The molecule has 3 amide bonds. The zero-order chi connectivity index (χ0) is 33.3. The third-order valence-corrected chi connectivity index (χ3v) is 7.16. The molecule has 3 N–H and O–H groups in total. The van der Waals surface area contributed by atoms with Gasteiger partial charge >= 0.3 is 24.2 Å². The van der Waals surface area contributed by atoms with Gasteiger partial charge in [-0.15, -0.1) is 0 Å². The first-order chi connectivity index (χ1) is 21.3. The number of hydrogen-bond acceptors (Lipinski definition) is 12. The second-order valence-corrected chi connectivity index (χ2v) is 12.6. The highest BCUT2D eigenvalue weighted by Crippen LogP contribution is 2.38. The number of nitrogens with one attached hydrogen (secondary N) is 3. The molecule has 2 aliphatic heterocycles. The Morgan fingerprint density at radius 2 is 1.13 bits per heavy atom. The lowest BCUT2D eigenvalue weighted by atomic mass is 9.86. The summed E-state index contributed by atoms with van der Waals surface area (Å²) in [6, 6.07) is 0. The van der Waals surface area contributed by atoms with Crippen molar-refractivity contribution < 1.29 is 57.1 Å². The van der Waals surface area contributed by atoms with Crippen molar-refractivity contribution in [2.75, 3.05) is 73.0 Å². The fourth-order valence-corrected chi connectivity index (χ4v) is 4.39. The summed E-state index contributed by atoms with van der Waals surface area (Å²) in [7, 11) is 1.50. The first-order valence-electron chi connectivity index (χ1n) is 15.2. The van der Waals surface area contributed by atoms with Gasteiger partial charge < -0.3 is 53.8 Å². The van der Waals surface area contributed by atoms with Crippen molar-refractivity contribution in [3.63, 3.8) is 0 Å². The molecule has 0 aliphatic carbocycles. The van der Waals surface area contributed by atoms with E-state index in [9.17, 15) is 19.2 Å². The highest BCUT2D eigenvalue weighted by Gasteiger charge is 2.48. The van der Waals surface area contributed by atoms with Crippen molar-refractivity contribution in [1.82, 2.24) is 16.0 Å². The van der Waals surface area contributed by atoms with Crippen molar-refractivity contribution in [2.24, 2.45) is 16.2 Å². The Balaban J connectivity index is 1.54. The molecule has 0 atom stereocenters. The van der Waals surface area contributed by atoms with Gasteiger partial charge in [0.15, 0.2) is 12.6 Å². The third-order valence-electron chi connectivity index (χ3n) is 7.16. The molecule has 0 aromatic rings. The first-order valence-corrected chi connectivity index (χ1v) is 15.2.